The summed E-state index contributed by atoms with van der Waals surface area (Å²) in [6, 6.07) is 5.64. The predicted octanol–water partition coefficient (Wildman–Crippen LogP) is 3.63. The zero-order valence-electron chi connectivity index (χ0n) is 13.7. The number of hydrogen-bond donors (Lipinski definition) is 1. The molecule has 1 aliphatic heterocycles. The Kier molecular flexibility index (Phi) is 4.67. The number of aliphatic hydroxyl groups excluding tert-OH is 1. The summed E-state index contributed by atoms with van der Waals surface area (Å²) in [4.78, 5) is 20.0. The molecule has 1 aliphatic carbocycles. The second-order valence-electron chi connectivity index (χ2n) is 6.53. The summed E-state index contributed by atoms with van der Waals surface area (Å²) in [7, 11) is 0. The zero-order chi connectivity index (χ0) is 17.4. The Morgan fingerprint density at radius 3 is 2.92 bits per heavy atom. The van der Waals surface area contributed by atoms with E-state index in [-0.39, 0.29) is 12.0 Å². The molecule has 1 saturated carbocycles. The molecule has 1 fully saturated rings. The van der Waals surface area contributed by atoms with Crippen LogP contribution in [-0.4, -0.2) is 33.1 Å². The monoisotopic (exact) mass is 378 g/mol. The highest BCUT2D eigenvalue weighted by molar-refractivity contribution is 7.16. The second kappa shape index (κ2) is 6.94. The van der Waals surface area contributed by atoms with Crippen molar-refractivity contribution in [3.63, 3.8) is 0 Å². The minimum atomic E-state index is -0.493. The number of fused-ring (bicyclic) bond motifs is 1. The molecule has 2 aliphatic rings. The van der Waals surface area contributed by atoms with E-state index in [0.717, 1.165) is 40.5 Å². The van der Waals surface area contributed by atoms with Crippen LogP contribution in [0.15, 0.2) is 24.4 Å². The van der Waals surface area contributed by atoms with Gasteiger partial charge in [-0.1, -0.05) is 18.0 Å². The van der Waals surface area contributed by atoms with Crippen LogP contribution in [0.4, 0.5) is 0 Å². The molecular formula is C18H19ClN2O3S. The summed E-state index contributed by atoms with van der Waals surface area (Å²) in [5, 5.41) is 10.1. The van der Waals surface area contributed by atoms with Crippen LogP contribution in [0.2, 0.25) is 4.34 Å². The normalized spacial score (nSPS) is 23.0. The second-order valence-corrected chi connectivity index (χ2v) is 8.33. The Bertz CT molecular complexity index is 794. The van der Waals surface area contributed by atoms with Crippen molar-refractivity contribution in [1.29, 1.82) is 0 Å². The highest BCUT2D eigenvalue weighted by Gasteiger charge is 2.34. The van der Waals surface area contributed by atoms with Gasteiger partial charge in [0.1, 0.15) is 11.7 Å². The maximum atomic E-state index is 12.9. The number of rotatable bonds is 4. The molecule has 2 aromatic heterocycles. The first-order chi connectivity index (χ1) is 12.1. The number of pyridine rings is 1. The molecular weight excluding hydrogens is 360 g/mol. The summed E-state index contributed by atoms with van der Waals surface area (Å²) in [6.45, 7) is 1.06. The van der Waals surface area contributed by atoms with Crippen LogP contribution in [0.5, 0.6) is 5.88 Å². The molecule has 5 nitrogen and oxygen atoms in total. The Labute approximate surface area is 155 Å². The van der Waals surface area contributed by atoms with Crippen molar-refractivity contribution in [3.05, 3.63) is 44.7 Å². The van der Waals surface area contributed by atoms with Crippen molar-refractivity contribution >= 4 is 28.8 Å². The van der Waals surface area contributed by atoms with E-state index in [2.05, 4.69) is 4.98 Å². The van der Waals surface area contributed by atoms with Gasteiger partial charge >= 0.3 is 0 Å². The molecule has 1 amide bonds. The number of aromatic nitrogens is 1. The minimum absolute atomic E-state index is 0.0760. The average Bonchev–Trinajstić information content (AvgIpc) is 3.14. The summed E-state index contributed by atoms with van der Waals surface area (Å²) in [6.07, 6.45) is 4.45. The lowest BCUT2D eigenvalue weighted by Crippen LogP contribution is -2.35. The lowest BCUT2D eigenvalue weighted by atomic mass is 9.95. The van der Waals surface area contributed by atoms with Crippen molar-refractivity contribution in [2.24, 2.45) is 0 Å². The number of hydrogen-bond acceptors (Lipinski definition) is 5. The fraction of sp³-hybridized carbons (Fsp3) is 0.444. The third kappa shape index (κ3) is 3.38. The molecule has 4 rings (SSSR count). The van der Waals surface area contributed by atoms with E-state index < -0.39 is 6.10 Å². The fourth-order valence-electron chi connectivity index (χ4n) is 3.48. The van der Waals surface area contributed by atoms with Gasteiger partial charge in [-0.15, -0.1) is 11.3 Å². The summed E-state index contributed by atoms with van der Waals surface area (Å²) in [5.74, 6) is 0.271. The highest BCUT2D eigenvalue weighted by Crippen LogP contribution is 2.33. The van der Waals surface area contributed by atoms with E-state index in [1.54, 1.807) is 11.1 Å². The van der Waals surface area contributed by atoms with Crippen molar-refractivity contribution in [1.82, 2.24) is 9.88 Å². The lowest BCUT2D eigenvalue weighted by molar-refractivity contribution is 0.00397. The number of halogens is 1. The fourth-order valence-corrected chi connectivity index (χ4v) is 4.58. The molecule has 0 radical (unpaired) electrons. The topological polar surface area (TPSA) is 62.7 Å². The first-order valence-electron chi connectivity index (χ1n) is 8.48. The third-order valence-electron chi connectivity index (χ3n) is 4.77. The molecule has 0 unspecified atom stereocenters. The Hall–Kier alpha value is -1.63. The smallest absolute Gasteiger partial charge is 0.260 e. The highest BCUT2D eigenvalue weighted by atomic mass is 35.5. The SMILES string of the molecule is O=C1c2c(ccnc2O[C@@H]2CCCC[C@H]2O)CN1Cc1ccc(Cl)s1. The van der Waals surface area contributed by atoms with E-state index in [0.29, 0.717) is 24.5 Å². The van der Waals surface area contributed by atoms with Crippen LogP contribution in [0.3, 0.4) is 0 Å². The van der Waals surface area contributed by atoms with E-state index in [1.807, 2.05) is 18.2 Å². The molecule has 132 valence electrons. The molecule has 0 spiro atoms. The summed E-state index contributed by atoms with van der Waals surface area (Å²) >= 11 is 7.46. The molecule has 7 heteroatoms. The first kappa shape index (κ1) is 16.8. The Balaban J connectivity index is 1.54. The van der Waals surface area contributed by atoms with Gasteiger partial charge in [-0.2, -0.15) is 0 Å². The number of thiophene rings is 1. The molecule has 3 heterocycles. The molecule has 0 saturated heterocycles. The van der Waals surface area contributed by atoms with Gasteiger partial charge in [0, 0.05) is 17.6 Å². The van der Waals surface area contributed by atoms with E-state index in [4.69, 9.17) is 16.3 Å². The van der Waals surface area contributed by atoms with Crippen LogP contribution in [-0.2, 0) is 13.1 Å². The van der Waals surface area contributed by atoms with Gasteiger partial charge in [-0.25, -0.2) is 4.98 Å². The maximum absolute atomic E-state index is 12.9. The number of carbonyl (C=O) groups excluding carboxylic acids is 1. The van der Waals surface area contributed by atoms with E-state index >= 15 is 0 Å². The van der Waals surface area contributed by atoms with Gasteiger partial charge in [-0.3, -0.25) is 4.79 Å². The maximum Gasteiger partial charge on any atom is 0.260 e. The largest absolute Gasteiger partial charge is 0.471 e. The number of amides is 1. The average molecular weight is 379 g/mol. The van der Waals surface area contributed by atoms with Crippen LogP contribution in [0, 0.1) is 0 Å². The third-order valence-corrected chi connectivity index (χ3v) is 5.99. The van der Waals surface area contributed by atoms with E-state index in [9.17, 15) is 9.90 Å². The molecule has 0 aromatic carbocycles. The predicted molar refractivity (Wildman–Crippen MR) is 96.0 cm³/mol. The van der Waals surface area contributed by atoms with Crippen LogP contribution in [0.25, 0.3) is 0 Å². The van der Waals surface area contributed by atoms with Gasteiger partial charge in [-0.05, 0) is 43.0 Å². The Morgan fingerprint density at radius 2 is 2.16 bits per heavy atom. The minimum Gasteiger partial charge on any atom is -0.471 e. The van der Waals surface area contributed by atoms with Crippen molar-refractivity contribution < 1.29 is 14.6 Å². The van der Waals surface area contributed by atoms with Crippen molar-refractivity contribution in [3.8, 4) is 5.88 Å². The Morgan fingerprint density at radius 1 is 1.32 bits per heavy atom. The molecule has 25 heavy (non-hydrogen) atoms. The van der Waals surface area contributed by atoms with Crippen LogP contribution in [0.1, 0.15) is 46.5 Å². The van der Waals surface area contributed by atoms with E-state index in [1.165, 1.54) is 11.3 Å². The molecule has 0 bridgehead atoms. The van der Waals surface area contributed by atoms with Gasteiger partial charge in [0.05, 0.1) is 17.0 Å². The summed E-state index contributed by atoms with van der Waals surface area (Å²) in [5.41, 5.74) is 1.45. The standard InChI is InChI=1S/C18H19ClN2O3S/c19-15-6-5-12(25-15)10-21-9-11-7-8-20-17(16(11)18(21)23)24-14-4-2-1-3-13(14)22/h5-8,13-14,22H,1-4,9-10H2/t13-,14-/m1/s1. The number of aliphatic hydroxyl groups is 1. The van der Waals surface area contributed by atoms with Gasteiger partial charge in [0.15, 0.2) is 0 Å². The van der Waals surface area contributed by atoms with Crippen LogP contribution >= 0.6 is 22.9 Å². The van der Waals surface area contributed by atoms with Gasteiger partial charge in [0.25, 0.3) is 5.91 Å². The van der Waals surface area contributed by atoms with Crippen molar-refractivity contribution in [2.75, 3.05) is 0 Å². The van der Waals surface area contributed by atoms with Crippen LogP contribution < -0.4 is 4.74 Å². The molecule has 1 N–H and O–H groups in total. The molecule has 2 aromatic rings. The quantitative estimate of drug-likeness (QED) is 0.882. The van der Waals surface area contributed by atoms with Gasteiger partial charge in [0.2, 0.25) is 5.88 Å². The number of nitrogens with zero attached hydrogens (tertiary/aromatic N) is 2. The first-order valence-corrected chi connectivity index (χ1v) is 9.67. The molecule has 2 atom stereocenters. The number of ether oxygens (including phenoxy) is 1. The lowest BCUT2D eigenvalue weighted by Gasteiger charge is -2.28. The van der Waals surface area contributed by atoms with Crippen molar-refractivity contribution in [2.45, 2.75) is 51.0 Å². The zero-order valence-corrected chi connectivity index (χ0v) is 15.2. The van der Waals surface area contributed by atoms with Gasteiger partial charge < -0.3 is 14.7 Å². The number of carbonyl (C=O) groups is 1. The summed E-state index contributed by atoms with van der Waals surface area (Å²) < 4.78 is 6.68.